The van der Waals surface area contributed by atoms with Crippen molar-refractivity contribution in [3.8, 4) is 0 Å². The van der Waals surface area contributed by atoms with Crippen LogP contribution in [0.5, 0.6) is 0 Å². The van der Waals surface area contributed by atoms with Gasteiger partial charge in [0.05, 0.1) is 15.5 Å². The number of anilines is 1. The van der Waals surface area contributed by atoms with Gasteiger partial charge in [0.25, 0.3) is 5.91 Å². The topological polar surface area (TPSA) is 96.7 Å². The number of carbonyl (C=O) groups is 1. The maximum absolute atomic E-state index is 12.8. The average molecular weight is 447 g/mol. The molecule has 156 valence electrons. The second kappa shape index (κ2) is 7.86. The Morgan fingerprint density at radius 2 is 1.83 bits per heavy atom. The number of aryl methyl sites for hydroxylation is 1. The van der Waals surface area contributed by atoms with Crippen molar-refractivity contribution in [1.82, 2.24) is 4.31 Å². The van der Waals surface area contributed by atoms with Crippen molar-refractivity contribution in [1.29, 1.82) is 0 Å². The molecule has 1 amide bonds. The first-order valence-electron chi connectivity index (χ1n) is 9.41. The summed E-state index contributed by atoms with van der Waals surface area (Å²) in [6.07, 6.45) is 1.63. The third-order valence-electron chi connectivity index (χ3n) is 5.09. The highest BCUT2D eigenvalue weighted by molar-refractivity contribution is 7.89. The third kappa shape index (κ3) is 3.86. The molecular formula is C21H19ClN2O5S. The van der Waals surface area contributed by atoms with Gasteiger partial charge in [-0.15, -0.1) is 0 Å². The summed E-state index contributed by atoms with van der Waals surface area (Å²) in [4.78, 5) is 24.4. The van der Waals surface area contributed by atoms with E-state index in [1.54, 1.807) is 25.1 Å². The van der Waals surface area contributed by atoms with E-state index in [-0.39, 0.29) is 15.5 Å². The Hall–Kier alpha value is -2.68. The lowest BCUT2D eigenvalue weighted by atomic mass is 10.1. The minimum absolute atomic E-state index is 0.0269. The molecule has 1 N–H and O–H groups in total. The number of amides is 1. The lowest BCUT2D eigenvalue weighted by molar-refractivity contribution is 0.102. The van der Waals surface area contributed by atoms with Crippen molar-refractivity contribution in [3.63, 3.8) is 0 Å². The number of fused-ring (bicyclic) bond motifs is 1. The molecule has 0 bridgehead atoms. The number of halogens is 1. The number of nitrogens with zero attached hydrogens (tertiary/aromatic N) is 1. The van der Waals surface area contributed by atoms with Crippen molar-refractivity contribution in [2.24, 2.45) is 0 Å². The molecule has 1 aliphatic heterocycles. The zero-order chi connectivity index (χ0) is 21.5. The van der Waals surface area contributed by atoms with Crippen molar-refractivity contribution < 1.29 is 17.6 Å². The van der Waals surface area contributed by atoms with E-state index in [0.29, 0.717) is 24.4 Å². The minimum Gasteiger partial charge on any atom is -0.423 e. The summed E-state index contributed by atoms with van der Waals surface area (Å²) in [5, 5.41) is 3.57. The Bertz CT molecular complexity index is 1310. The summed E-state index contributed by atoms with van der Waals surface area (Å²) >= 11 is 6.17. The summed E-state index contributed by atoms with van der Waals surface area (Å²) in [6, 6.07) is 10.4. The molecular weight excluding hydrogens is 428 g/mol. The summed E-state index contributed by atoms with van der Waals surface area (Å²) in [5.74, 6) is -0.562. The van der Waals surface area contributed by atoms with E-state index < -0.39 is 21.6 Å². The van der Waals surface area contributed by atoms with Gasteiger partial charge in [-0.25, -0.2) is 13.2 Å². The van der Waals surface area contributed by atoms with E-state index in [1.807, 2.05) is 0 Å². The molecule has 0 radical (unpaired) electrons. The normalized spacial score (nSPS) is 14.9. The summed E-state index contributed by atoms with van der Waals surface area (Å²) in [5.41, 5.74) is 1.07. The van der Waals surface area contributed by atoms with Crippen LogP contribution in [0.25, 0.3) is 11.0 Å². The molecule has 1 aromatic heterocycles. The first-order chi connectivity index (χ1) is 14.3. The molecule has 0 unspecified atom stereocenters. The minimum atomic E-state index is -3.68. The van der Waals surface area contributed by atoms with Gasteiger partial charge in [0.15, 0.2) is 0 Å². The molecule has 2 heterocycles. The van der Waals surface area contributed by atoms with E-state index in [0.717, 1.165) is 23.8 Å². The van der Waals surface area contributed by atoms with Crippen LogP contribution in [0.4, 0.5) is 5.69 Å². The van der Waals surface area contributed by atoms with E-state index in [4.69, 9.17) is 16.0 Å². The van der Waals surface area contributed by atoms with Gasteiger partial charge >= 0.3 is 5.63 Å². The van der Waals surface area contributed by atoms with Crippen LogP contribution in [-0.4, -0.2) is 31.7 Å². The highest BCUT2D eigenvalue weighted by Crippen LogP contribution is 2.27. The van der Waals surface area contributed by atoms with Crippen molar-refractivity contribution in [3.05, 3.63) is 69.0 Å². The molecule has 0 spiro atoms. The number of carbonyl (C=O) groups excluding carboxylic acids is 1. The van der Waals surface area contributed by atoms with Crippen molar-refractivity contribution in [2.45, 2.75) is 24.7 Å². The summed E-state index contributed by atoms with van der Waals surface area (Å²) in [6.45, 7) is 2.73. The van der Waals surface area contributed by atoms with Gasteiger partial charge in [-0.05, 0) is 55.7 Å². The second-order valence-corrected chi connectivity index (χ2v) is 9.51. The van der Waals surface area contributed by atoms with Crippen LogP contribution in [0, 0.1) is 6.92 Å². The highest BCUT2D eigenvalue weighted by Gasteiger charge is 2.28. The van der Waals surface area contributed by atoms with E-state index in [2.05, 4.69) is 5.32 Å². The summed E-state index contributed by atoms with van der Waals surface area (Å²) < 4.78 is 32.2. The summed E-state index contributed by atoms with van der Waals surface area (Å²) in [7, 11) is -3.68. The SMILES string of the molecule is Cc1cc(=O)oc2cc(NC(=O)c3cc(S(=O)(=O)N4CCCC4)ccc3Cl)ccc12. The molecule has 1 saturated heterocycles. The predicted molar refractivity (Wildman–Crippen MR) is 115 cm³/mol. The number of hydrogen-bond acceptors (Lipinski definition) is 5. The fourth-order valence-electron chi connectivity index (χ4n) is 3.52. The molecule has 9 heteroatoms. The largest absolute Gasteiger partial charge is 0.423 e. The van der Waals surface area contributed by atoms with E-state index in [1.165, 1.54) is 28.6 Å². The zero-order valence-corrected chi connectivity index (χ0v) is 17.7. The van der Waals surface area contributed by atoms with E-state index >= 15 is 0 Å². The lowest BCUT2D eigenvalue weighted by Gasteiger charge is -2.16. The molecule has 2 aromatic carbocycles. The molecule has 0 aliphatic carbocycles. The zero-order valence-electron chi connectivity index (χ0n) is 16.1. The first kappa shape index (κ1) is 20.6. The van der Waals surface area contributed by atoms with Gasteiger partial charge in [-0.2, -0.15) is 4.31 Å². The number of benzene rings is 2. The van der Waals surface area contributed by atoms with E-state index in [9.17, 15) is 18.0 Å². The maximum Gasteiger partial charge on any atom is 0.336 e. The molecule has 3 aromatic rings. The van der Waals surface area contributed by atoms with Gasteiger partial charge in [0.2, 0.25) is 10.0 Å². The fourth-order valence-corrected chi connectivity index (χ4v) is 5.26. The maximum atomic E-state index is 12.8. The van der Waals surface area contributed by atoms with Gasteiger partial charge < -0.3 is 9.73 Å². The number of sulfonamides is 1. The van der Waals surface area contributed by atoms with Crippen LogP contribution in [-0.2, 0) is 10.0 Å². The second-order valence-electron chi connectivity index (χ2n) is 7.17. The molecule has 7 nitrogen and oxygen atoms in total. The molecule has 4 rings (SSSR count). The third-order valence-corrected chi connectivity index (χ3v) is 7.32. The molecule has 1 fully saturated rings. The number of hydrogen-bond donors (Lipinski definition) is 1. The number of rotatable bonds is 4. The van der Waals surface area contributed by atoms with Crippen molar-refractivity contribution in [2.75, 3.05) is 18.4 Å². The van der Waals surface area contributed by atoms with Crippen LogP contribution in [0.3, 0.4) is 0 Å². The Morgan fingerprint density at radius 1 is 1.10 bits per heavy atom. The molecule has 0 atom stereocenters. The Balaban J connectivity index is 1.65. The van der Waals surface area contributed by atoms with Gasteiger partial charge in [-0.1, -0.05) is 11.6 Å². The standard InChI is InChI=1S/C21H19ClN2O5S/c1-13-10-20(25)29-19-11-14(4-6-16(13)19)23-21(26)17-12-15(5-7-18(17)22)30(27,28)24-8-2-3-9-24/h4-7,10-12H,2-3,8-9H2,1H3,(H,23,26). The molecule has 0 saturated carbocycles. The van der Waals surface area contributed by atoms with Gasteiger partial charge in [-0.3, -0.25) is 4.79 Å². The quantitative estimate of drug-likeness (QED) is 0.615. The van der Waals surface area contributed by atoms with Crippen LogP contribution in [0.1, 0.15) is 28.8 Å². The molecule has 30 heavy (non-hydrogen) atoms. The van der Waals surface area contributed by atoms with Crippen LogP contribution in [0.2, 0.25) is 5.02 Å². The predicted octanol–water partition coefficient (Wildman–Crippen LogP) is 3.79. The monoisotopic (exact) mass is 446 g/mol. The Labute approximate surface area is 178 Å². The van der Waals surface area contributed by atoms with Crippen molar-refractivity contribution >= 4 is 44.2 Å². The van der Waals surface area contributed by atoms with Crippen LogP contribution in [0.15, 0.2) is 56.6 Å². The number of nitrogens with one attached hydrogen (secondary N) is 1. The lowest BCUT2D eigenvalue weighted by Crippen LogP contribution is -2.28. The Morgan fingerprint density at radius 3 is 2.57 bits per heavy atom. The Kier molecular flexibility index (Phi) is 5.40. The average Bonchev–Trinajstić information content (AvgIpc) is 3.23. The van der Waals surface area contributed by atoms with Gasteiger partial charge in [0.1, 0.15) is 5.58 Å². The van der Waals surface area contributed by atoms with Gasteiger partial charge in [0, 0.05) is 36.3 Å². The molecule has 1 aliphatic rings. The van der Waals surface area contributed by atoms with Crippen LogP contribution < -0.4 is 10.9 Å². The van der Waals surface area contributed by atoms with Crippen LogP contribution >= 0.6 is 11.6 Å². The smallest absolute Gasteiger partial charge is 0.336 e. The fraction of sp³-hybridized carbons (Fsp3) is 0.238. The highest BCUT2D eigenvalue weighted by atomic mass is 35.5. The first-order valence-corrected chi connectivity index (χ1v) is 11.2.